The van der Waals surface area contributed by atoms with Crippen LogP contribution < -0.4 is 67.4 Å². The molecule has 12 aromatic heterocycles. The Balaban J connectivity index is 0.000000180. The van der Waals surface area contributed by atoms with Crippen molar-refractivity contribution in [3.05, 3.63) is 199 Å². The summed E-state index contributed by atoms with van der Waals surface area (Å²) >= 11 is 0. The predicted molar refractivity (Wildman–Crippen MR) is 490 cm³/mol. The number of aryl methyl sites for hydroxylation is 4. The molecule has 0 spiro atoms. The number of nitrogens with zero attached hydrogens (tertiary/aromatic N) is 18. The highest BCUT2D eigenvalue weighted by molar-refractivity contribution is 7.90. The maximum absolute atomic E-state index is 14.3. The highest BCUT2D eigenvalue weighted by Gasteiger charge is 2.27. The minimum Gasteiger partial charge on any atom is -0.494 e. The number of aliphatic hydroxyl groups is 1. The minimum absolute atomic E-state index is 0.0271. The normalized spacial score (nSPS) is 11.0. The molecule has 0 atom stereocenters. The first-order chi connectivity index (χ1) is 62.0. The number of anilines is 14. The Labute approximate surface area is 748 Å². The zero-order valence-electron chi connectivity index (χ0n) is 74.8. The quantitative estimate of drug-likeness (QED) is 0.0138. The summed E-state index contributed by atoms with van der Waals surface area (Å²) in [6, 6.07) is 26.1. The molecule has 13 rings (SSSR count). The fourth-order valence-electron chi connectivity index (χ4n) is 12.4. The third-order valence-electron chi connectivity index (χ3n) is 18.5. The molecule has 40 nitrogen and oxygen atoms in total. The first kappa shape index (κ1) is 96.5. The number of para-hydroxylation sites is 1. The molecule has 42 heteroatoms. The summed E-state index contributed by atoms with van der Waals surface area (Å²) in [7, 11) is 6.39. The van der Waals surface area contributed by atoms with Crippen LogP contribution in [0, 0.1) is 12.9 Å². The maximum Gasteiger partial charge on any atom is 0.320 e. The number of pyridine rings is 9. The van der Waals surface area contributed by atoms with Gasteiger partial charge in [0.05, 0.1) is 94.3 Å². The van der Waals surface area contributed by atoms with E-state index in [0.29, 0.717) is 139 Å². The topological polar surface area (TPSA) is 513 Å². The third kappa shape index (κ3) is 25.5. The van der Waals surface area contributed by atoms with Gasteiger partial charge >= 0.3 is 12.1 Å². The number of ether oxygens (including phenoxy) is 3. The van der Waals surface area contributed by atoms with Gasteiger partial charge < -0.3 is 61.9 Å². The van der Waals surface area contributed by atoms with Crippen molar-refractivity contribution >= 4 is 126 Å². The van der Waals surface area contributed by atoms with Gasteiger partial charge in [0.2, 0.25) is 5.95 Å². The van der Waals surface area contributed by atoms with Crippen molar-refractivity contribution in [1.82, 2.24) is 99.8 Å². The molecule has 130 heavy (non-hydrogen) atoms. The number of ketones is 4. The monoisotopic (exact) mass is 1790 g/mol. The number of hydrogen-bond donors (Lipinski definition) is 11. The smallest absolute Gasteiger partial charge is 0.320 e. The molecule has 12 heterocycles. The van der Waals surface area contributed by atoms with Crippen LogP contribution in [0.5, 0.6) is 17.2 Å². The van der Waals surface area contributed by atoms with E-state index in [4.69, 9.17) is 14.2 Å². The standard InChI is InChI=1S/C23H24N8O2.C22H24FN5O4S.C22H27N7O3.C21H26N8O3/c1-5-18(32)16-12-25-20(29-19-8-6-7-14(2)27-19)11-17(16)28-23-21(33-4)15(9-10-24-23)22-26-13-31(3)30-22;1-5-16(29)13-12-25-19(27-18-9-8-14(20(23)28-18)22(2,3)30)11-15(13)26-21-17(33(4,31)32)7-6-10-24-21;1-6-18(30)15-11-23-19(27-22(31)25-13(2)3)10-17(15)26-16-9-7-8-14(20(16)32-5)21-24-12-29(4)28-21;1-6-16(30)14-10-23-17(27-21(31)25-12(2)3)9-15(14)26-20-18(32-5)13(7-8-22-20)19-24-11-29(4)28-19/h6-13H,5H2,1-4H3,(H2,24,25,27,28,29);6-12,30H,5H2,1-4H3,(H2,24,25,26,27,28);7-13H,6H2,1-5H3,(H3,23,25,26,27,31);7-12H,6H2,1-5H3,(H3,22,23,25,26,27,31). The van der Waals surface area contributed by atoms with Gasteiger partial charge in [-0.25, -0.2) is 77.8 Å². The fourth-order valence-corrected chi connectivity index (χ4v) is 13.2. The molecular weight excluding hydrogens is 1690 g/mol. The molecule has 0 bridgehead atoms. The number of urea groups is 2. The van der Waals surface area contributed by atoms with Gasteiger partial charge in [0.25, 0.3) is 0 Å². The Morgan fingerprint density at radius 3 is 1.20 bits per heavy atom. The van der Waals surface area contributed by atoms with Crippen LogP contribution in [-0.2, 0) is 36.6 Å². The summed E-state index contributed by atoms with van der Waals surface area (Å²) < 4.78 is 60.3. The molecule has 0 saturated heterocycles. The number of sulfone groups is 1. The van der Waals surface area contributed by atoms with E-state index in [1.807, 2.05) is 71.0 Å². The average molecular weight is 1790 g/mol. The number of carbonyl (C=O) groups is 6. The zero-order chi connectivity index (χ0) is 94.3. The highest BCUT2D eigenvalue weighted by Crippen LogP contribution is 2.41. The van der Waals surface area contributed by atoms with Crippen molar-refractivity contribution in [2.24, 2.45) is 21.1 Å². The number of nitrogens with one attached hydrogen (secondary N) is 10. The first-order valence-electron chi connectivity index (χ1n) is 40.7. The number of Topliss-reactive ketones (excluding diaryl/α,β-unsaturated/α-hetero) is 4. The molecule has 0 saturated carbocycles. The molecular formula is C88H101FN28O12S. The van der Waals surface area contributed by atoms with Gasteiger partial charge in [0, 0.05) is 144 Å². The Morgan fingerprint density at radius 2 is 0.823 bits per heavy atom. The predicted octanol–water partition coefficient (Wildman–Crippen LogP) is 14.7. The van der Waals surface area contributed by atoms with Crippen LogP contribution in [0.2, 0.25) is 0 Å². The van der Waals surface area contributed by atoms with Crippen molar-refractivity contribution < 1.29 is 60.9 Å². The number of halogens is 1. The number of benzene rings is 1. The maximum atomic E-state index is 14.3. The number of hydrogen-bond acceptors (Lipinski definition) is 33. The van der Waals surface area contributed by atoms with Gasteiger partial charge in [0.15, 0.2) is 79.3 Å². The molecule has 0 fully saturated rings. The van der Waals surface area contributed by atoms with Crippen LogP contribution in [0.4, 0.5) is 94.8 Å². The number of rotatable bonds is 32. The van der Waals surface area contributed by atoms with E-state index in [9.17, 15) is 46.7 Å². The summed E-state index contributed by atoms with van der Waals surface area (Å²) in [6.07, 6.45) is 17.4. The van der Waals surface area contributed by atoms with Crippen LogP contribution in [0.1, 0.15) is 148 Å². The lowest BCUT2D eigenvalue weighted by molar-refractivity contribution is 0.0736. The lowest BCUT2D eigenvalue weighted by Gasteiger charge is -2.18. The van der Waals surface area contributed by atoms with Gasteiger partial charge in [-0.3, -0.25) is 43.9 Å². The van der Waals surface area contributed by atoms with Gasteiger partial charge in [0.1, 0.15) is 64.6 Å². The molecule has 678 valence electrons. The summed E-state index contributed by atoms with van der Waals surface area (Å²) in [6.45, 7) is 19.3. The summed E-state index contributed by atoms with van der Waals surface area (Å²) in [5, 5.41) is 52.4. The van der Waals surface area contributed by atoms with Gasteiger partial charge in [-0.2, -0.15) is 19.7 Å². The lowest BCUT2D eigenvalue weighted by atomic mass is 10.0. The van der Waals surface area contributed by atoms with E-state index < -0.39 is 27.4 Å². The largest absolute Gasteiger partial charge is 0.494 e. The Kier molecular flexibility index (Phi) is 32.6. The molecule has 4 amide bonds. The Bertz CT molecular complexity index is 6200. The van der Waals surface area contributed by atoms with Gasteiger partial charge in [-0.05, 0) is 109 Å². The molecule has 0 aliphatic heterocycles. The van der Waals surface area contributed by atoms with Crippen molar-refractivity contribution in [2.45, 2.75) is 124 Å². The minimum atomic E-state index is -3.59. The SMILES string of the molecule is CCC(=O)c1cnc(NC(=O)NC(C)C)cc1Nc1cccc(-c2ncn(C)n2)c1OC.CCC(=O)c1cnc(NC(=O)NC(C)C)cc1Nc1nccc(-c2ncn(C)n2)c1OC.CCC(=O)c1cnc(Nc2ccc(C(C)(C)O)c(F)n2)cc1Nc1ncccc1S(C)(=O)=O.CCC(=O)c1cnc(Nc2cccc(C)n2)cc1Nc1nccc(-c2ncn(C)n2)c1OC. The number of aromatic nitrogens is 18. The summed E-state index contributed by atoms with van der Waals surface area (Å²) in [5.41, 5.74) is 5.37. The molecule has 0 aliphatic rings. The lowest BCUT2D eigenvalue weighted by Crippen LogP contribution is -2.34. The van der Waals surface area contributed by atoms with Crippen molar-refractivity contribution in [3.8, 4) is 51.4 Å². The van der Waals surface area contributed by atoms with Gasteiger partial charge in [-0.1, -0.05) is 39.8 Å². The van der Waals surface area contributed by atoms with Crippen molar-refractivity contribution in [2.75, 3.05) is 70.1 Å². The van der Waals surface area contributed by atoms with E-state index in [2.05, 4.69) is 128 Å². The molecule has 1 aromatic carbocycles. The van der Waals surface area contributed by atoms with Crippen LogP contribution in [0.25, 0.3) is 34.2 Å². The fraction of sp³-hybridized carbons (Fsp3) is 0.284. The molecule has 0 unspecified atom stereocenters. The molecule has 13 aromatic rings. The Hall–Kier alpha value is -15.8. The second kappa shape index (κ2) is 43.9. The average Bonchev–Trinajstić information content (AvgIpc) is 1.60. The highest BCUT2D eigenvalue weighted by atomic mass is 32.2. The van der Waals surface area contributed by atoms with E-state index in [1.165, 1.54) is 76.1 Å². The Morgan fingerprint density at radius 1 is 0.438 bits per heavy atom. The third-order valence-corrected chi connectivity index (χ3v) is 19.6. The van der Waals surface area contributed by atoms with Gasteiger partial charge in [-0.15, -0.1) is 0 Å². The molecule has 0 aliphatic carbocycles. The van der Waals surface area contributed by atoms with E-state index in [1.54, 1.807) is 145 Å². The van der Waals surface area contributed by atoms with Crippen LogP contribution in [0.3, 0.4) is 0 Å². The van der Waals surface area contributed by atoms with E-state index in [-0.39, 0.29) is 92.6 Å². The van der Waals surface area contributed by atoms with E-state index >= 15 is 0 Å². The summed E-state index contributed by atoms with van der Waals surface area (Å²) in [4.78, 5) is 125. The van der Waals surface area contributed by atoms with Crippen LogP contribution in [-0.4, -0.2) is 178 Å². The number of methoxy groups -OCH3 is 3. The molecule has 0 radical (unpaired) electrons. The number of carbonyl (C=O) groups excluding carboxylic acids is 6. The van der Waals surface area contributed by atoms with E-state index in [0.717, 1.165) is 11.9 Å². The van der Waals surface area contributed by atoms with Crippen molar-refractivity contribution in [1.29, 1.82) is 0 Å². The van der Waals surface area contributed by atoms with Crippen LogP contribution >= 0.6 is 0 Å². The second-order valence-corrected chi connectivity index (χ2v) is 31.8. The zero-order valence-corrected chi connectivity index (χ0v) is 75.6. The second-order valence-electron chi connectivity index (χ2n) is 29.8. The molecule has 11 N–H and O–H groups in total. The number of amides is 4. The van der Waals surface area contributed by atoms with Crippen molar-refractivity contribution in [3.63, 3.8) is 0 Å². The van der Waals surface area contributed by atoms with Crippen LogP contribution in [0.15, 0.2) is 164 Å². The first-order valence-corrected chi connectivity index (χ1v) is 42.6. The summed E-state index contributed by atoms with van der Waals surface area (Å²) in [5.74, 6) is 4.58.